The highest BCUT2D eigenvalue weighted by Gasteiger charge is 2.12. The molecule has 0 heterocycles. The van der Waals surface area contributed by atoms with Gasteiger partial charge in [-0.05, 0) is 60.4 Å². The zero-order valence-electron chi connectivity index (χ0n) is 13.9. The van der Waals surface area contributed by atoms with Crippen molar-refractivity contribution in [2.75, 3.05) is 0 Å². The summed E-state index contributed by atoms with van der Waals surface area (Å²) < 4.78 is 0. The molecule has 0 spiro atoms. The highest BCUT2D eigenvalue weighted by molar-refractivity contribution is 5.30. The Bertz CT molecular complexity index is 717. The third-order valence-electron chi connectivity index (χ3n) is 4.55. The summed E-state index contributed by atoms with van der Waals surface area (Å²) in [5.74, 6) is 0.818. The molecule has 1 unspecified atom stereocenters. The van der Waals surface area contributed by atoms with Crippen molar-refractivity contribution in [2.45, 2.75) is 31.6 Å². The first-order chi connectivity index (χ1) is 11.8. The molecule has 1 N–H and O–H groups in total. The molecule has 0 amide bonds. The van der Waals surface area contributed by atoms with Gasteiger partial charge in [-0.3, -0.25) is 0 Å². The first-order valence-electron chi connectivity index (χ1n) is 8.68. The first kappa shape index (κ1) is 16.3. The predicted molar refractivity (Wildman–Crippen MR) is 100 cm³/mol. The normalized spacial score (nSPS) is 12.0. The van der Waals surface area contributed by atoms with E-state index in [0.29, 0.717) is 11.7 Å². The lowest BCUT2D eigenvalue weighted by Gasteiger charge is -2.18. The summed E-state index contributed by atoms with van der Waals surface area (Å²) in [7, 11) is 0. The highest BCUT2D eigenvalue weighted by atomic mass is 16.3. The van der Waals surface area contributed by atoms with E-state index >= 15 is 0 Å². The summed E-state index contributed by atoms with van der Waals surface area (Å²) >= 11 is 0. The fourth-order valence-electron chi connectivity index (χ4n) is 3.23. The molecule has 122 valence electrons. The third kappa shape index (κ3) is 4.73. The van der Waals surface area contributed by atoms with Crippen molar-refractivity contribution in [3.63, 3.8) is 0 Å². The van der Waals surface area contributed by atoms with E-state index in [2.05, 4.69) is 72.8 Å². The molecule has 3 aromatic rings. The number of hydrogen-bond donors (Lipinski definition) is 1. The van der Waals surface area contributed by atoms with Crippen LogP contribution >= 0.6 is 0 Å². The first-order valence-corrected chi connectivity index (χ1v) is 8.68. The maximum atomic E-state index is 9.55. The molecular formula is C23H24O. The zero-order chi connectivity index (χ0) is 16.6. The molecule has 0 aliphatic rings. The van der Waals surface area contributed by atoms with Gasteiger partial charge >= 0.3 is 0 Å². The van der Waals surface area contributed by atoms with Gasteiger partial charge in [0.2, 0.25) is 0 Å². The molecule has 24 heavy (non-hydrogen) atoms. The third-order valence-corrected chi connectivity index (χ3v) is 4.55. The van der Waals surface area contributed by atoms with E-state index in [1.807, 2.05) is 0 Å². The Kier molecular flexibility index (Phi) is 5.68. The average Bonchev–Trinajstić information content (AvgIpc) is 2.63. The molecule has 0 aromatic heterocycles. The number of phenolic OH excluding ortho intramolecular Hbond substituents is 1. The summed E-state index contributed by atoms with van der Waals surface area (Å²) in [6, 6.07) is 29.1. The quantitative estimate of drug-likeness (QED) is 0.589. The second kappa shape index (κ2) is 8.35. The van der Waals surface area contributed by atoms with Crippen LogP contribution in [0, 0.1) is 0 Å². The van der Waals surface area contributed by atoms with Crippen molar-refractivity contribution in [3.8, 4) is 5.75 Å². The smallest absolute Gasteiger partial charge is 0.115 e. The number of rotatable bonds is 7. The van der Waals surface area contributed by atoms with Gasteiger partial charge in [-0.25, -0.2) is 0 Å². The molecule has 0 saturated carbocycles. The van der Waals surface area contributed by atoms with E-state index in [9.17, 15) is 5.11 Å². The summed E-state index contributed by atoms with van der Waals surface area (Å²) in [6.07, 6.45) is 4.47. The van der Waals surface area contributed by atoms with Gasteiger partial charge in [0.1, 0.15) is 5.75 Å². The standard InChI is InChI=1S/C23H24O/c24-23-16-14-21(15-17-23)22(18-20-10-5-2-6-11-20)13-7-12-19-8-3-1-4-9-19/h1-6,8-11,14-17,22,24H,7,12-13,18H2. The van der Waals surface area contributed by atoms with Crippen LogP contribution in [0.25, 0.3) is 0 Å². The van der Waals surface area contributed by atoms with Gasteiger partial charge in [0.15, 0.2) is 0 Å². The van der Waals surface area contributed by atoms with Gasteiger partial charge in [-0.15, -0.1) is 0 Å². The molecule has 1 heteroatoms. The van der Waals surface area contributed by atoms with E-state index in [-0.39, 0.29) is 0 Å². The summed E-state index contributed by atoms with van der Waals surface area (Å²) in [4.78, 5) is 0. The van der Waals surface area contributed by atoms with Gasteiger partial charge in [0.05, 0.1) is 0 Å². The zero-order valence-corrected chi connectivity index (χ0v) is 13.9. The average molecular weight is 316 g/mol. The molecule has 1 atom stereocenters. The summed E-state index contributed by atoms with van der Waals surface area (Å²) in [5, 5.41) is 9.55. The van der Waals surface area contributed by atoms with Crippen LogP contribution in [0.5, 0.6) is 5.75 Å². The number of phenols is 1. The Morgan fingerprint density at radius 3 is 1.88 bits per heavy atom. The van der Waals surface area contributed by atoms with Crippen LogP contribution in [0.4, 0.5) is 0 Å². The van der Waals surface area contributed by atoms with Gasteiger partial charge in [0.25, 0.3) is 0 Å². The van der Waals surface area contributed by atoms with Crippen LogP contribution in [0.2, 0.25) is 0 Å². The number of benzene rings is 3. The summed E-state index contributed by atoms with van der Waals surface area (Å²) in [5.41, 5.74) is 4.08. The Labute approximate surface area is 144 Å². The molecule has 0 radical (unpaired) electrons. The molecule has 0 aliphatic heterocycles. The fraction of sp³-hybridized carbons (Fsp3) is 0.217. The minimum absolute atomic E-state index is 0.335. The Hall–Kier alpha value is -2.54. The lowest BCUT2D eigenvalue weighted by Crippen LogP contribution is -2.04. The molecule has 3 aromatic carbocycles. The monoisotopic (exact) mass is 316 g/mol. The van der Waals surface area contributed by atoms with Crippen molar-refractivity contribution in [3.05, 3.63) is 102 Å². The van der Waals surface area contributed by atoms with Crippen LogP contribution in [0.15, 0.2) is 84.9 Å². The topological polar surface area (TPSA) is 20.2 Å². The largest absolute Gasteiger partial charge is 0.508 e. The van der Waals surface area contributed by atoms with Crippen molar-refractivity contribution in [1.82, 2.24) is 0 Å². The SMILES string of the molecule is Oc1ccc(C(CCCc2ccccc2)Cc2ccccc2)cc1. The Morgan fingerprint density at radius 1 is 0.667 bits per heavy atom. The van der Waals surface area contributed by atoms with Crippen LogP contribution in [0.3, 0.4) is 0 Å². The van der Waals surface area contributed by atoms with Gasteiger partial charge in [-0.2, -0.15) is 0 Å². The van der Waals surface area contributed by atoms with Crippen LogP contribution in [0.1, 0.15) is 35.4 Å². The second-order valence-corrected chi connectivity index (χ2v) is 6.36. The Morgan fingerprint density at radius 2 is 1.25 bits per heavy atom. The van der Waals surface area contributed by atoms with E-state index < -0.39 is 0 Å². The maximum Gasteiger partial charge on any atom is 0.115 e. The van der Waals surface area contributed by atoms with Crippen LogP contribution in [-0.4, -0.2) is 5.11 Å². The molecule has 0 saturated heterocycles. The number of aromatic hydroxyl groups is 1. The minimum atomic E-state index is 0.335. The predicted octanol–water partition coefficient (Wildman–Crippen LogP) is 5.74. The highest BCUT2D eigenvalue weighted by Crippen LogP contribution is 2.28. The van der Waals surface area contributed by atoms with Crippen molar-refractivity contribution in [2.24, 2.45) is 0 Å². The van der Waals surface area contributed by atoms with Crippen LogP contribution < -0.4 is 0 Å². The van der Waals surface area contributed by atoms with E-state index in [4.69, 9.17) is 0 Å². The van der Waals surface area contributed by atoms with Crippen molar-refractivity contribution in [1.29, 1.82) is 0 Å². The molecule has 0 aliphatic carbocycles. The minimum Gasteiger partial charge on any atom is -0.508 e. The molecule has 0 bridgehead atoms. The van der Waals surface area contributed by atoms with E-state index in [1.165, 1.54) is 23.1 Å². The number of hydrogen-bond acceptors (Lipinski definition) is 1. The molecular weight excluding hydrogens is 292 g/mol. The second-order valence-electron chi connectivity index (χ2n) is 6.36. The lowest BCUT2D eigenvalue weighted by atomic mass is 9.87. The van der Waals surface area contributed by atoms with Crippen molar-refractivity contribution < 1.29 is 5.11 Å². The number of aryl methyl sites for hydroxylation is 1. The van der Waals surface area contributed by atoms with Gasteiger partial charge in [-0.1, -0.05) is 72.8 Å². The van der Waals surface area contributed by atoms with Crippen LogP contribution in [-0.2, 0) is 12.8 Å². The van der Waals surface area contributed by atoms with Gasteiger partial charge < -0.3 is 5.11 Å². The Balaban J connectivity index is 1.68. The molecule has 0 fully saturated rings. The lowest BCUT2D eigenvalue weighted by molar-refractivity contribution is 0.474. The van der Waals surface area contributed by atoms with E-state index in [1.54, 1.807) is 12.1 Å². The molecule has 1 nitrogen and oxygen atoms in total. The molecule has 3 rings (SSSR count). The van der Waals surface area contributed by atoms with Crippen molar-refractivity contribution >= 4 is 0 Å². The fourth-order valence-corrected chi connectivity index (χ4v) is 3.23. The summed E-state index contributed by atoms with van der Waals surface area (Å²) in [6.45, 7) is 0. The van der Waals surface area contributed by atoms with Gasteiger partial charge in [0, 0.05) is 0 Å². The van der Waals surface area contributed by atoms with E-state index in [0.717, 1.165) is 19.3 Å². The maximum absolute atomic E-state index is 9.55.